The first-order valence-electron chi connectivity index (χ1n) is 15.9. The van der Waals surface area contributed by atoms with E-state index in [1.54, 1.807) is 6.08 Å². The van der Waals surface area contributed by atoms with Crippen LogP contribution in [0, 0.1) is 5.92 Å². The molecule has 0 fully saturated rings. The normalized spacial score (nSPS) is 14.4. The lowest BCUT2D eigenvalue weighted by Crippen LogP contribution is -2.42. The number of allylic oxidation sites excluding steroid dienone is 1. The molecule has 0 aliphatic rings. The first-order chi connectivity index (χ1) is 17.5. The van der Waals surface area contributed by atoms with E-state index in [1.165, 1.54) is 116 Å². The van der Waals surface area contributed by atoms with E-state index in [9.17, 15) is 15.0 Å². The second kappa shape index (κ2) is 27.3. The molecule has 0 aromatic carbocycles. The minimum Gasteiger partial charge on any atom is -0.388 e. The molecule has 0 aromatic rings. The van der Waals surface area contributed by atoms with Gasteiger partial charge in [-0.1, -0.05) is 154 Å². The summed E-state index contributed by atoms with van der Waals surface area (Å²) in [7, 11) is 0. The van der Waals surface area contributed by atoms with Crippen LogP contribution in [0.25, 0.3) is 0 Å². The third kappa shape index (κ3) is 22.5. The van der Waals surface area contributed by atoms with Gasteiger partial charge in [-0.15, -0.1) is 0 Å². The Morgan fingerprint density at radius 3 is 1.36 bits per heavy atom. The van der Waals surface area contributed by atoms with Crippen molar-refractivity contribution in [3.8, 4) is 0 Å². The van der Waals surface area contributed by atoms with Crippen LogP contribution >= 0.6 is 0 Å². The minimum absolute atomic E-state index is 0.118. The molecule has 0 spiro atoms. The summed E-state index contributed by atoms with van der Waals surface area (Å²) in [5, 5.41) is 20.4. The summed E-state index contributed by atoms with van der Waals surface area (Å²) in [6.45, 7) is 4.51. The molecule has 4 nitrogen and oxygen atoms in total. The number of hydrogen-bond acceptors (Lipinski definition) is 4. The summed E-state index contributed by atoms with van der Waals surface area (Å²) in [5.74, 6) is -1.03. The molecular formula is C32H63NO3. The Bertz CT molecular complexity index is 492. The summed E-state index contributed by atoms with van der Waals surface area (Å²) in [6.07, 6.45) is 30.6. The van der Waals surface area contributed by atoms with Crippen molar-refractivity contribution in [1.82, 2.24) is 0 Å². The topological polar surface area (TPSA) is 83.5 Å². The van der Waals surface area contributed by atoms with Gasteiger partial charge in [0, 0.05) is 6.42 Å². The Kier molecular flexibility index (Phi) is 26.8. The Labute approximate surface area is 224 Å². The van der Waals surface area contributed by atoms with Crippen molar-refractivity contribution in [2.45, 2.75) is 180 Å². The van der Waals surface area contributed by atoms with Crippen LogP contribution in [0.3, 0.4) is 0 Å². The third-order valence-corrected chi connectivity index (χ3v) is 7.44. The minimum atomic E-state index is -1.31. The lowest BCUT2D eigenvalue weighted by molar-refractivity contribution is -0.130. The first kappa shape index (κ1) is 35.3. The van der Waals surface area contributed by atoms with Crippen LogP contribution < -0.4 is 5.73 Å². The maximum Gasteiger partial charge on any atom is 0.142 e. The van der Waals surface area contributed by atoms with Crippen LogP contribution in [0.4, 0.5) is 0 Å². The monoisotopic (exact) mass is 509 g/mol. The number of nitrogens with two attached hydrogens (primary N) is 1. The van der Waals surface area contributed by atoms with Crippen LogP contribution in [0.1, 0.15) is 168 Å². The average Bonchev–Trinajstić information content (AvgIpc) is 2.85. The fraction of sp³-hybridized carbons (Fsp3) is 0.906. The predicted molar refractivity (Wildman–Crippen MR) is 156 cm³/mol. The van der Waals surface area contributed by atoms with Gasteiger partial charge in [0.15, 0.2) is 0 Å². The number of Topliss-reactive ketones (excluding diaryl/α,β-unsaturated/α-hetero) is 1. The highest BCUT2D eigenvalue weighted by Crippen LogP contribution is 2.17. The van der Waals surface area contributed by atoms with Gasteiger partial charge in [0.05, 0.1) is 12.0 Å². The van der Waals surface area contributed by atoms with Crippen LogP contribution in [-0.4, -0.2) is 28.3 Å². The highest BCUT2D eigenvalue weighted by atomic mass is 16.3. The zero-order valence-electron chi connectivity index (χ0n) is 24.2. The Morgan fingerprint density at radius 1 is 0.611 bits per heavy atom. The molecular weight excluding hydrogens is 446 g/mol. The fourth-order valence-corrected chi connectivity index (χ4v) is 4.99. The summed E-state index contributed by atoms with van der Waals surface area (Å²) >= 11 is 0. The lowest BCUT2D eigenvalue weighted by Gasteiger charge is -2.22. The molecule has 0 aromatic heterocycles. The van der Waals surface area contributed by atoms with E-state index in [0.29, 0.717) is 6.42 Å². The maximum atomic E-state index is 12.6. The molecule has 0 radical (unpaired) electrons. The van der Waals surface area contributed by atoms with Gasteiger partial charge in [-0.25, -0.2) is 0 Å². The van der Waals surface area contributed by atoms with Crippen molar-refractivity contribution in [3.05, 3.63) is 12.2 Å². The fourth-order valence-electron chi connectivity index (χ4n) is 4.99. The number of unbranched alkanes of at least 4 members (excludes halogenated alkanes) is 21. The van der Waals surface area contributed by atoms with Gasteiger partial charge < -0.3 is 15.9 Å². The molecule has 0 aliphatic carbocycles. The lowest BCUT2D eigenvalue weighted by atomic mass is 9.91. The van der Waals surface area contributed by atoms with Gasteiger partial charge in [0.25, 0.3) is 0 Å². The Morgan fingerprint density at radius 2 is 0.972 bits per heavy atom. The maximum absolute atomic E-state index is 12.6. The van der Waals surface area contributed by atoms with Gasteiger partial charge >= 0.3 is 0 Å². The molecule has 36 heavy (non-hydrogen) atoms. The van der Waals surface area contributed by atoms with Crippen molar-refractivity contribution in [3.63, 3.8) is 0 Å². The molecule has 0 rings (SSSR count). The number of rotatable bonds is 28. The summed E-state index contributed by atoms with van der Waals surface area (Å²) in [4.78, 5) is 12.6. The van der Waals surface area contributed by atoms with Gasteiger partial charge in [-0.2, -0.15) is 0 Å². The van der Waals surface area contributed by atoms with E-state index < -0.39 is 18.2 Å². The number of ketones is 1. The highest BCUT2D eigenvalue weighted by Gasteiger charge is 2.29. The van der Waals surface area contributed by atoms with E-state index >= 15 is 0 Å². The molecule has 0 bridgehead atoms. The molecule has 0 saturated heterocycles. The van der Waals surface area contributed by atoms with Gasteiger partial charge in [-0.05, 0) is 19.3 Å². The molecule has 1 unspecified atom stereocenters. The number of aliphatic hydroxyl groups excluding tert-OH is 2. The molecule has 0 saturated carbocycles. The summed E-state index contributed by atoms with van der Waals surface area (Å²) in [6, 6.07) is 0. The smallest absolute Gasteiger partial charge is 0.142 e. The largest absolute Gasteiger partial charge is 0.388 e. The SMILES string of the molecule is CCCCCCCCCCCCCC=C[C@@H](O)[C@H](C(=O)CCCCCCCCCCCCC)C(N)O. The molecule has 0 amide bonds. The number of carbonyl (C=O) groups excluding carboxylic acids is 1. The summed E-state index contributed by atoms with van der Waals surface area (Å²) in [5.41, 5.74) is 5.65. The second-order valence-electron chi connectivity index (χ2n) is 11.0. The molecule has 0 aliphatic heterocycles. The van der Waals surface area contributed by atoms with Crippen LogP contribution in [0.5, 0.6) is 0 Å². The molecule has 214 valence electrons. The molecule has 4 N–H and O–H groups in total. The quantitative estimate of drug-likeness (QED) is 0.0559. The standard InChI is InChI=1S/C32H63NO3/c1-3-5-7-9-11-13-15-16-18-20-22-24-26-28-30(35)31(32(33)36)29(34)27-25-23-21-19-17-14-12-10-8-6-4-2/h26,28,30-32,35-36H,3-25,27,33H2,1-2H3/t30-,31+,32?/m1/s1. The van der Waals surface area contributed by atoms with Crippen LogP contribution in [0.15, 0.2) is 12.2 Å². The van der Waals surface area contributed by atoms with Gasteiger partial charge in [0.2, 0.25) is 0 Å². The van der Waals surface area contributed by atoms with Crippen LogP contribution in [-0.2, 0) is 4.79 Å². The van der Waals surface area contributed by atoms with Crippen molar-refractivity contribution in [2.75, 3.05) is 0 Å². The average molecular weight is 510 g/mol. The highest BCUT2D eigenvalue weighted by molar-refractivity contribution is 5.82. The zero-order valence-corrected chi connectivity index (χ0v) is 24.2. The molecule has 0 heterocycles. The number of carbonyl (C=O) groups is 1. The first-order valence-corrected chi connectivity index (χ1v) is 15.9. The van der Waals surface area contributed by atoms with E-state index in [-0.39, 0.29) is 5.78 Å². The van der Waals surface area contributed by atoms with E-state index in [2.05, 4.69) is 13.8 Å². The van der Waals surface area contributed by atoms with Crippen molar-refractivity contribution in [1.29, 1.82) is 0 Å². The van der Waals surface area contributed by atoms with Crippen molar-refractivity contribution < 1.29 is 15.0 Å². The van der Waals surface area contributed by atoms with Gasteiger partial charge in [0.1, 0.15) is 12.0 Å². The Hall–Kier alpha value is -0.710. The van der Waals surface area contributed by atoms with E-state index in [4.69, 9.17) is 5.73 Å². The second-order valence-corrected chi connectivity index (χ2v) is 11.0. The van der Waals surface area contributed by atoms with Gasteiger partial charge in [-0.3, -0.25) is 4.79 Å². The number of aliphatic hydroxyl groups is 2. The summed E-state index contributed by atoms with van der Waals surface area (Å²) < 4.78 is 0. The van der Waals surface area contributed by atoms with E-state index in [0.717, 1.165) is 32.1 Å². The Balaban J connectivity index is 3.83. The predicted octanol–water partition coefficient (Wildman–Crippen LogP) is 8.77. The molecule has 4 heteroatoms. The third-order valence-electron chi connectivity index (χ3n) is 7.44. The van der Waals surface area contributed by atoms with E-state index in [1.807, 2.05) is 6.08 Å². The van der Waals surface area contributed by atoms with Crippen molar-refractivity contribution >= 4 is 5.78 Å². The molecule has 3 atom stereocenters. The van der Waals surface area contributed by atoms with Crippen LogP contribution in [0.2, 0.25) is 0 Å². The zero-order chi connectivity index (χ0) is 26.7. The number of hydrogen-bond donors (Lipinski definition) is 3. The van der Waals surface area contributed by atoms with Crippen molar-refractivity contribution in [2.24, 2.45) is 11.7 Å².